The van der Waals surface area contributed by atoms with Crippen molar-refractivity contribution in [3.63, 3.8) is 0 Å². The van der Waals surface area contributed by atoms with Gasteiger partial charge in [0.15, 0.2) is 0 Å². The minimum absolute atomic E-state index is 0.287. The van der Waals surface area contributed by atoms with Gasteiger partial charge in [0.05, 0.1) is 18.3 Å². The number of rotatable bonds is 4. The van der Waals surface area contributed by atoms with Gasteiger partial charge in [-0.05, 0) is 43.2 Å². The number of benzene rings is 1. The van der Waals surface area contributed by atoms with Crippen molar-refractivity contribution in [3.05, 3.63) is 59.4 Å². The number of hydrogen-bond donors (Lipinski definition) is 3. The van der Waals surface area contributed by atoms with E-state index in [-0.39, 0.29) is 6.03 Å². The van der Waals surface area contributed by atoms with Crippen LogP contribution in [-0.2, 0) is 6.54 Å². The molecule has 1 atom stereocenters. The lowest BCUT2D eigenvalue weighted by molar-refractivity contribution is 0.199. The van der Waals surface area contributed by atoms with Gasteiger partial charge in [-0.1, -0.05) is 18.2 Å². The summed E-state index contributed by atoms with van der Waals surface area (Å²) in [5.41, 5.74) is 3.37. The van der Waals surface area contributed by atoms with Gasteiger partial charge < -0.3 is 15.7 Å². The zero-order chi connectivity index (χ0) is 15.2. The molecule has 3 N–H and O–H groups in total. The minimum atomic E-state index is -0.514. The summed E-state index contributed by atoms with van der Waals surface area (Å²) in [6, 6.07) is 10.6. The van der Waals surface area contributed by atoms with Gasteiger partial charge in [-0.2, -0.15) is 0 Å². The van der Waals surface area contributed by atoms with E-state index in [1.807, 2.05) is 19.1 Å². The van der Waals surface area contributed by atoms with Gasteiger partial charge in [-0.15, -0.1) is 0 Å². The van der Waals surface area contributed by atoms with Crippen molar-refractivity contribution in [1.82, 2.24) is 10.3 Å². The number of urea groups is 1. The van der Waals surface area contributed by atoms with Crippen molar-refractivity contribution in [3.8, 4) is 0 Å². The molecule has 2 aromatic rings. The lowest BCUT2D eigenvalue weighted by Gasteiger charge is -2.10. The first-order valence-electron chi connectivity index (χ1n) is 6.79. The molecule has 0 radical (unpaired) electrons. The summed E-state index contributed by atoms with van der Waals surface area (Å²) >= 11 is 0. The number of aliphatic hydroxyl groups is 1. The Kier molecular flexibility index (Phi) is 4.90. The van der Waals surface area contributed by atoms with Gasteiger partial charge in [0.1, 0.15) is 0 Å². The zero-order valence-electron chi connectivity index (χ0n) is 12.1. The number of aliphatic hydroxyl groups excluding tert-OH is 1. The van der Waals surface area contributed by atoms with Crippen LogP contribution in [0.4, 0.5) is 10.5 Å². The third-order valence-electron chi connectivity index (χ3n) is 3.19. The molecule has 0 fully saturated rings. The fraction of sp³-hybridized carbons (Fsp3) is 0.250. The maximum Gasteiger partial charge on any atom is 0.319 e. The Labute approximate surface area is 124 Å². The van der Waals surface area contributed by atoms with Crippen LogP contribution in [0.1, 0.15) is 29.8 Å². The molecule has 0 saturated heterocycles. The van der Waals surface area contributed by atoms with E-state index in [9.17, 15) is 9.90 Å². The molecule has 2 amide bonds. The average molecular weight is 285 g/mol. The van der Waals surface area contributed by atoms with Gasteiger partial charge in [0.2, 0.25) is 0 Å². The van der Waals surface area contributed by atoms with Crippen molar-refractivity contribution in [2.75, 3.05) is 5.32 Å². The van der Waals surface area contributed by atoms with Crippen LogP contribution >= 0.6 is 0 Å². The van der Waals surface area contributed by atoms with E-state index in [1.54, 1.807) is 37.4 Å². The van der Waals surface area contributed by atoms with Crippen LogP contribution in [0.3, 0.4) is 0 Å². The topological polar surface area (TPSA) is 74.2 Å². The average Bonchev–Trinajstić information content (AvgIpc) is 2.47. The molecule has 0 aliphatic carbocycles. The third-order valence-corrected chi connectivity index (χ3v) is 3.19. The van der Waals surface area contributed by atoms with E-state index < -0.39 is 6.10 Å². The van der Waals surface area contributed by atoms with E-state index in [0.29, 0.717) is 12.2 Å². The van der Waals surface area contributed by atoms with Crippen molar-refractivity contribution >= 4 is 11.7 Å². The molecular weight excluding hydrogens is 266 g/mol. The fourth-order valence-corrected chi connectivity index (χ4v) is 1.89. The van der Waals surface area contributed by atoms with E-state index >= 15 is 0 Å². The van der Waals surface area contributed by atoms with Crippen LogP contribution in [0.15, 0.2) is 42.6 Å². The predicted molar refractivity (Wildman–Crippen MR) is 81.9 cm³/mol. The fourth-order valence-electron chi connectivity index (χ4n) is 1.89. The highest BCUT2D eigenvalue weighted by molar-refractivity contribution is 5.89. The van der Waals surface area contributed by atoms with Crippen LogP contribution in [0.25, 0.3) is 0 Å². The molecule has 1 unspecified atom stereocenters. The third kappa shape index (κ3) is 4.29. The Balaban J connectivity index is 1.88. The number of aryl methyl sites for hydroxylation is 1. The SMILES string of the molecule is Cc1cccnc1CNC(=O)Nc1ccc(C(C)O)cc1. The zero-order valence-corrected chi connectivity index (χ0v) is 12.1. The predicted octanol–water partition coefficient (Wildman–Crippen LogP) is 2.77. The summed E-state index contributed by atoms with van der Waals surface area (Å²) in [6.07, 6.45) is 1.19. The smallest absolute Gasteiger partial charge is 0.319 e. The maximum atomic E-state index is 11.8. The maximum absolute atomic E-state index is 11.8. The Morgan fingerprint density at radius 1 is 1.29 bits per heavy atom. The van der Waals surface area contributed by atoms with Crippen LogP contribution in [0.5, 0.6) is 0 Å². The lowest BCUT2D eigenvalue weighted by Crippen LogP contribution is -2.28. The second-order valence-corrected chi connectivity index (χ2v) is 4.87. The molecule has 5 heteroatoms. The van der Waals surface area contributed by atoms with E-state index in [0.717, 1.165) is 16.8 Å². The van der Waals surface area contributed by atoms with Crippen molar-refractivity contribution < 1.29 is 9.90 Å². The van der Waals surface area contributed by atoms with Crippen LogP contribution in [-0.4, -0.2) is 16.1 Å². The largest absolute Gasteiger partial charge is 0.389 e. The molecule has 21 heavy (non-hydrogen) atoms. The van der Waals surface area contributed by atoms with E-state index in [2.05, 4.69) is 15.6 Å². The lowest BCUT2D eigenvalue weighted by atomic mass is 10.1. The molecule has 0 aliphatic heterocycles. The van der Waals surface area contributed by atoms with Crippen molar-refractivity contribution in [1.29, 1.82) is 0 Å². The number of amides is 2. The second-order valence-electron chi connectivity index (χ2n) is 4.87. The van der Waals surface area contributed by atoms with E-state index in [1.165, 1.54) is 0 Å². The first kappa shape index (κ1) is 15.0. The van der Waals surface area contributed by atoms with E-state index in [4.69, 9.17) is 0 Å². The minimum Gasteiger partial charge on any atom is -0.389 e. The highest BCUT2D eigenvalue weighted by atomic mass is 16.3. The van der Waals surface area contributed by atoms with Crippen molar-refractivity contribution in [2.45, 2.75) is 26.5 Å². The molecule has 1 aromatic carbocycles. The summed E-state index contributed by atoms with van der Waals surface area (Å²) in [6.45, 7) is 4.03. The number of carbonyl (C=O) groups excluding carboxylic acids is 1. The molecule has 0 saturated carbocycles. The van der Waals surface area contributed by atoms with Crippen LogP contribution in [0.2, 0.25) is 0 Å². The number of carbonyl (C=O) groups is 1. The number of pyridine rings is 1. The highest BCUT2D eigenvalue weighted by Crippen LogP contribution is 2.15. The van der Waals surface area contributed by atoms with Gasteiger partial charge in [0.25, 0.3) is 0 Å². The monoisotopic (exact) mass is 285 g/mol. The van der Waals surface area contributed by atoms with Gasteiger partial charge >= 0.3 is 6.03 Å². The van der Waals surface area contributed by atoms with Crippen LogP contribution < -0.4 is 10.6 Å². The molecule has 1 aromatic heterocycles. The van der Waals surface area contributed by atoms with Gasteiger partial charge in [-0.3, -0.25) is 4.98 Å². The van der Waals surface area contributed by atoms with Gasteiger partial charge in [-0.25, -0.2) is 4.79 Å². The van der Waals surface area contributed by atoms with Gasteiger partial charge in [0, 0.05) is 11.9 Å². The Morgan fingerprint density at radius 3 is 2.62 bits per heavy atom. The molecule has 2 rings (SSSR count). The molecule has 0 aliphatic rings. The Bertz CT molecular complexity index is 609. The summed E-state index contributed by atoms with van der Waals surface area (Å²) < 4.78 is 0. The normalized spacial score (nSPS) is 11.8. The Hall–Kier alpha value is -2.40. The number of aromatic nitrogens is 1. The quantitative estimate of drug-likeness (QED) is 0.808. The highest BCUT2D eigenvalue weighted by Gasteiger charge is 2.05. The first-order chi connectivity index (χ1) is 10.1. The molecule has 5 nitrogen and oxygen atoms in total. The first-order valence-corrected chi connectivity index (χ1v) is 6.79. The summed E-state index contributed by atoms with van der Waals surface area (Å²) in [5, 5.41) is 14.9. The molecule has 110 valence electrons. The standard InChI is InChI=1S/C16H19N3O2/c1-11-4-3-9-17-15(11)10-18-16(21)19-14-7-5-13(6-8-14)12(2)20/h3-9,12,20H,10H2,1-2H3,(H2,18,19,21). The number of anilines is 1. The number of nitrogens with zero attached hydrogens (tertiary/aromatic N) is 1. The van der Waals surface area contributed by atoms with Crippen molar-refractivity contribution in [2.24, 2.45) is 0 Å². The Morgan fingerprint density at radius 2 is 2.00 bits per heavy atom. The molecule has 1 heterocycles. The molecular formula is C16H19N3O2. The molecule has 0 bridgehead atoms. The second kappa shape index (κ2) is 6.85. The number of nitrogens with one attached hydrogen (secondary N) is 2. The summed E-state index contributed by atoms with van der Waals surface area (Å²) in [5.74, 6) is 0. The number of hydrogen-bond acceptors (Lipinski definition) is 3. The summed E-state index contributed by atoms with van der Waals surface area (Å²) in [4.78, 5) is 16.0. The molecule has 0 spiro atoms. The van der Waals surface area contributed by atoms with Crippen LogP contribution in [0, 0.1) is 6.92 Å². The summed E-state index contributed by atoms with van der Waals surface area (Å²) in [7, 11) is 0.